The number of aliphatic imine (C=N–C) groups is 1. The predicted molar refractivity (Wildman–Crippen MR) is 127 cm³/mol. The summed E-state index contributed by atoms with van der Waals surface area (Å²) in [6, 6.07) is 8.80. The number of likely N-dealkylation sites (tertiary alicyclic amines) is 1. The first-order chi connectivity index (χ1) is 13.3. The van der Waals surface area contributed by atoms with Crippen molar-refractivity contribution < 1.29 is 4.74 Å². The Hall–Kier alpha value is -0.860. The Balaban J connectivity index is 0.00000280. The van der Waals surface area contributed by atoms with Gasteiger partial charge in [-0.05, 0) is 50.4 Å². The van der Waals surface area contributed by atoms with Crippen LogP contribution in [0, 0.1) is 5.92 Å². The molecule has 5 nitrogen and oxygen atoms in total. The minimum absolute atomic E-state index is 0. The molecular weight excluding hydrogens is 463 g/mol. The molecule has 0 spiro atoms. The van der Waals surface area contributed by atoms with Crippen LogP contribution in [0.25, 0.3) is 0 Å². The molecule has 0 radical (unpaired) electrons. The fraction of sp³-hybridized carbons (Fsp3) is 0.682. The molecule has 158 valence electrons. The quantitative estimate of drug-likeness (QED) is 0.352. The lowest BCUT2D eigenvalue weighted by molar-refractivity contribution is 0.181. The highest BCUT2D eigenvalue weighted by Crippen LogP contribution is 2.17. The molecule has 1 N–H and O–H groups in total. The third kappa shape index (κ3) is 7.19. The maximum Gasteiger partial charge on any atom is 0.193 e. The topological polar surface area (TPSA) is 40.1 Å². The molecule has 0 aromatic heterocycles. The number of guanidine groups is 1. The van der Waals surface area contributed by atoms with E-state index in [1.807, 2.05) is 0 Å². The second-order valence-corrected chi connectivity index (χ2v) is 7.89. The molecule has 2 saturated heterocycles. The summed E-state index contributed by atoms with van der Waals surface area (Å²) in [4.78, 5) is 9.80. The number of hydrogen-bond acceptors (Lipinski definition) is 3. The van der Waals surface area contributed by atoms with E-state index in [9.17, 15) is 0 Å². The number of halogens is 1. The van der Waals surface area contributed by atoms with Gasteiger partial charge in [-0.3, -0.25) is 4.90 Å². The van der Waals surface area contributed by atoms with E-state index in [2.05, 4.69) is 53.4 Å². The van der Waals surface area contributed by atoms with Gasteiger partial charge in [-0.2, -0.15) is 0 Å². The number of rotatable bonds is 7. The van der Waals surface area contributed by atoms with Gasteiger partial charge in [0.05, 0.1) is 13.2 Å². The van der Waals surface area contributed by atoms with Crippen molar-refractivity contribution in [3.8, 4) is 0 Å². The molecule has 0 amide bonds. The monoisotopic (exact) mass is 500 g/mol. The first-order valence-corrected chi connectivity index (χ1v) is 10.6. The lowest BCUT2D eigenvalue weighted by atomic mass is 10.1. The minimum Gasteiger partial charge on any atom is -0.381 e. The van der Waals surface area contributed by atoms with E-state index < -0.39 is 0 Å². The Bertz CT molecular complexity index is 598. The number of ether oxygens (including phenoxy) is 1. The summed E-state index contributed by atoms with van der Waals surface area (Å²) in [5.74, 6) is 1.61. The van der Waals surface area contributed by atoms with Crippen LogP contribution >= 0.6 is 24.0 Å². The minimum atomic E-state index is 0. The van der Waals surface area contributed by atoms with Gasteiger partial charge in [0, 0.05) is 39.2 Å². The molecule has 2 aliphatic heterocycles. The summed E-state index contributed by atoms with van der Waals surface area (Å²) in [6.45, 7) is 10.0. The zero-order chi connectivity index (χ0) is 18.9. The third-order valence-electron chi connectivity index (χ3n) is 5.61. The molecule has 6 heteroatoms. The molecule has 0 aliphatic carbocycles. The van der Waals surface area contributed by atoms with Gasteiger partial charge < -0.3 is 15.0 Å². The maximum absolute atomic E-state index is 5.52. The molecule has 1 aromatic rings. The van der Waals surface area contributed by atoms with E-state index in [0.29, 0.717) is 5.92 Å². The summed E-state index contributed by atoms with van der Waals surface area (Å²) < 4.78 is 5.52. The maximum atomic E-state index is 5.52. The SMILES string of the molecule is CCNC(=NCc1ccccc1CN1CCCCC1)N(C)CC1CCOC1.I. The summed E-state index contributed by atoms with van der Waals surface area (Å²) in [6.07, 6.45) is 5.20. The van der Waals surface area contributed by atoms with Gasteiger partial charge in [0.2, 0.25) is 0 Å². The van der Waals surface area contributed by atoms with Crippen LogP contribution in [0.15, 0.2) is 29.3 Å². The van der Waals surface area contributed by atoms with Gasteiger partial charge in [-0.25, -0.2) is 4.99 Å². The Morgan fingerprint density at radius 2 is 1.96 bits per heavy atom. The Morgan fingerprint density at radius 3 is 2.64 bits per heavy atom. The van der Waals surface area contributed by atoms with Crippen LogP contribution in [0.1, 0.15) is 43.7 Å². The lowest BCUT2D eigenvalue weighted by Gasteiger charge is -2.27. The van der Waals surface area contributed by atoms with Crippen molar-refractivity contribution in [2.45, 2.75) is 45.7 Å². The van der Waals surface area contributed by atoms with E-state index in [0.717, 1.165) is 51.8 Å². The first kappa shape index (κ1) is 23.4. The lowest BCUT2D eigenvalue weighted by Crippen LogP contribution is -2.41. The Kier molecular flexibility index (Phi) is 10.6. The summed E-state index contributed by atoms with van der Waals surface area (Å²) in [5.41, 5.74) is 2.77. The van der Waals surface area contributed by atoms with Crippen molar-refractivity contribution in [3.05, 3.63) is 35.4 Å². The summed E-state index contributed by atoms with van der Waals surface area (Å²) in [5, 5.41) is 3.45. The van der Waals surface area contributed by atoms with Crippen LogP contribution in [-0.2, 0) is 17.8 Å². The van der Waals surface area contributed by atoms with E-state index in [4.69, 9.17) is 9.73 Å². The van der Waals surface area contributed by atoms with Crippen LogP contribution in [0.4, 0.5) is 0 Å². The third-order valence-corrected chi connectivity index (χ3v) is 5.61. The highest BCUT2D eigenvalue weighted by Gasteiger charge is 2.19. The fourth-order valence-electron chi connectivity index (χ4n) is 4.06. The molecule has 0 bridgehead atoms. The molecule has 0 saturated carbocycles. The zero-order valence-corrected chi connectivity index (χ0v) is 19.9. The van der Waals surface area contributed by atoms with Gasteiger partial charge in [-0.1, -0.05) is 30.7 Å². The van der Waals surface area contributed by atoms with Crippen LogP contribution in [0.5, 0.6) is 0 Å². The van der Waals surface area contributed by atoms with Crippen molar-refractivity contribution in [1.29, 1.82) is 0 Å². The normalized spacial score (nSPS) is 20.6. The van der Waals surface area contributed by atoms with Gasteiger partial charge in [0.25, 0.3) is 0 Å². The van der Waals surface area contributed by atoms with Crippen LogP contribution in [0.3, 0.4) is 0 Å². The number of nitrogens with one attached hydrogen (secondary N) is 1. The van der Waals surface area contributed by atoms with Gasteiger partial charge in [0.1, 0.15) is 0 Å². The first-order valence-electron chi connectivity index (χ1n) is 10.6. The van der Waals surface area contributed by atoms with Crippen LogP contribution in [0.2, 0.25) is 0 Å². The molecule has 1 aromatic carbocycles. The molecular formula is C22H37IN4O. The van der Waals surface area contributed by atoms with Crippen molar-refractivity contribution in [2.75, 3.05) is 46.4 Å². The van der Waals surface area contributed by atoms with E-state index in [-0.39, 0.29) is 24.0 Å². The van der Waals surface area contributed by atoms with Gasteiger partial charge >= 0.3 is 0 Å². The summed E-state index contributed by atoms with van der Waals surface area (Å²) >= 11 is 0. The molecule has 2 fully saturated rings. The number of nitrogens with zero attached hydrogens (tertiary/aromatic N) is 3. The van der Waals surface area contributed by atoms with Gasteiger partial charge in [0.15, 0.2) is 5.96 Å². The zero-order valence-electron chi connectivity index (χ0n) is 17.5. The van der Waals surface area contributed by atoms with Crippen molar-refractivity contribution in [3.63, 3.8) is 0 Å². The largest absolute Gasteiger partial charge is 0.381 e. The molecule has 2 heterocycles. The molecule has 2 aliphatic rings. The highest BCUT2D eigenvalue weighted by atomic mass is 127. The summed E-state index contributed by atoms with van der Waals surface area (Å²) in [7, 11) is 2.14. The van der Waals surface area contributed by atoms with Gasteiger partial charge in [-0.15, -0.1) is 24.0 Å². The van der Waals surface area contributed by atoms with Crippen molar-refractivity contribution >= 4 is 29.9 Å². The average molecular weight is 500 g/mol. The van der Waals surface area contributed by atoms with E-state index >= 15 is 0 Å². The highest BCUT2D eigenvalue weighted by molar-refractivity contribution is 14.0. The fourth-order valence-corrected chi connectivity index (χ4v) is 4.06. The van der Waals surface area contributed by atoms with Crippen molar-refractivity contribution in [2.24, 2.45) is 10.9 Å². The van der Waals surface area contributed by atoms with Crippen LogP contribution < -0.4 is 5.32 Å². The molecule has 1 atom stereocenters. The predicted octanol–water partition coefficient (Wildman–Crippen LogP) is 3.72. The molecule has 3 rings (SSSR count). The second-order valence-electron chi connectivity index (χ2n) is 7.89. The number of piperidine rings is 1. The van der Waals surface area contributed by atoms with E-state index in [1.165, 1.54) is 43.5 Å². The number of hydrogen-bond donors (Lipinski definition) is 1. The molecule has 28 heavy (non-hydrogen) atoms. The standard InChI is InChI=1S/C22H36N4O.HI/c1-3-23-22(25(2)16-19-11-14-27-18-19)24-15-20-9-5-6-10-21(20)17-26-12-7-4-8-13-26;/h5-6,9-10,19H,3-4,7-8,11-18H2,1-2H3,(H,23,24);1H. The average Bonchev–Trinajstić information content (AvgIpc) is 3.20. The Morgan fingerprint density at radius 1 is 1.21 bits per heavy atom. The van der Waals surface area contributed by atoms with E-state index in [1.54, 1.807) is 0 Å². The Labute approximate surface area is 187 Å². The van der Waals surface area contributed by atoms with Crippen LogP contribution in [-0.4, -0.2) is 62.2 Å². The molecule has 1 unspecified atom stereocenters. The van der Waals surface area contributed by atoms with Crippen molar-refractivity contribution in [1.82, 2.24) is 15.1 Å². The second kappa shape index (κ2) is 12.6. The number of benzene rings is 1. The smallest absolute Gasteiger partial charge is 0.193 e.